The first kappa shape index (κ1) is 24.2. The Morgan fingerprint density at radius 1 is 1.06 bits per heavy atom. The minimum Gasteiger partial charge on any atom is -0.403 e. The second-order valence-electron chi connectivity index (χ2n) is 8.69. The number of anilines is 1. The van der Waals surface area contributed by atoms with Gasteiger partial charge in [0.1, 0.15) is 5.69 Å². The molecule has 2 aromatic heterocycles. The molecular formula is C28H35N5. The normalized spacial score (nSPS) is 13.5. The molecule has 1 fully saturated rings. The quantitative estimate of drug-likeness (QED) is 0.407. The lowest BCUT2D eigenvalue weighted by atomic mass is 9.84. The first-order chi connectivity index (χ1) is 16.0. The maximum atomic E-state index is 4.92. The van der Waals surface area contributed by atoms with Gasteiger partial charge in [-0.05, 0) is 74.3 Å². The SMILES string of the molecule is C=C(C)N.C=Nc1ccc(C)nc1NCc1ccc(-c2ccc(C3CCCCC3)cc2)nc1. The molecule has 0 aliphatic heterocycles. The first-order valence-corrected chi connectivity index (χ1v) is 11.6. The number of nitrogens with two attached hydrogens (primary N) is 1. The maximum Gasteiger partial charge on any atom is 0.152 e. The fraction of sp³-hybridized carbons (Fsp3) is 0.321. The van der Waals surface area contributed by atoms with Crippen molar-refractivity contribution in [1.82, 2.24) is 9.97 Å². The number of allylic oxidation sites excluding steroid dienone is 1. The zero-order valence-corrected chi connectivity index (χ0v) is 19.8. The highest BCUT2D eigenvalue weighted by atomic mass is 15.0. The minimum atomic E-state index is 0.646. The summed E-state index contributed by atoms with van der Waals surface area (Å²) in [5.41, 5.74) is 12.1. The number of hydrogen-bond acceptors (Lipinski definition) is 5. The molecule has 1 aliphatic rings. The summed E-state index contributed by atoms with van der Waals surface area (Å²) in [6.45, 7) is 11.3. The number of aromatic nitrogens is 2. The number of nitrogens with zero attached hydrogens (tertiary/aromatic N) is 3. The molecule has 0 spiro atoms. The number of hydrogen-bond donors (Lipinski definition) is 2. The molecule has 172 valence electrons. The van der Waals surface area contributed by atoms with Crippen molar-refractivity contribution in [1.29, 1.82) is 0 Å². The third-order valence-corrected chi connectivity index (χ3v) is 5.75. The van der Waals surface area contributed by atoms with Crippen LogP contribution in [0.2, 0.25) is 0 Å². The summed E-state index contributed by atoms with van der Waals surface area (Å²) >= 11 is 0. The summed E-state index contributed by atoms with van der Waals surface area (Å²) in [4.78, 5) is 13.2. The van der Waals surface area contributed by atoms with E-state index < -0.39 is 0 Å². The van der Waals surface area contributed by atoms with Crippen molar-refractivity contribution in [3.05, 3.63) is 83.8 Å². The number of aliphatic imine (C=N–C) groups is 1. The van der Waals surface area contributed by atoms with Gasteiger partial charge >= 0.3 is 0 Å². The Hall–Kier alpha value is -3.47. The molecule has 5 nitrogen and oxygen atoms in total. The molecule has 0 unspecified atom stereocenters. The van der Waals surface area contributed by atoms with Gasteiger partial charge in [-0.25, -0.2) is 4.98 Å². The van der Waals surface area contributed by atoms with Crippen molar-refractivity contribution in [2.75, 3.05) is 5.32 Å². The van der Waals surface area contributed by atoms with Crippen molar-refractivity contribution in [2.24, 2.45) is 10.7 Å². The van der Waals surface area contributed by atoms with Gasteiger partial charge < -0.3 is 11.1 Å². The van der Waals surface area contributed by atoms with Crippen molar-refractivity contribution < 1.29 is 0 Å². The number of aryl methyl sites for hydroxylation is 1. The van der Waals surface area contributed by atoms with Crippen molar-refractivity contribution >= 4 is 18.2 Å². The Morgan fingerprint density at radius 3 is 2.36 bits per heavy atom. The van der Waals surface area contributed by atoms with Gasteiger partial charge in [-0.15, -0.1) is 0 Å². The van der Waals surface area contributed by atoms with E-state index in [-0.39, 0.29) is 0 Å². The molecule has 33 heavy (non-hydrogen) atoms. The predicted molar refractivity (Wildman–Crippen MR) is 140 cm³/mol. The highest BCUT2D eigenvalue weighted by molar-refractivity contribution is 5.64. The van der Waals surface area contributed by atoms with Crippen LogP contribution in [0, 0.1) is 6.92 Å². The molecule has 0 atom stereocenters. The van der Waals surface area contributed by atoms with Crippen molar-refractivity contribution in [3.8, 4) is 11.3 Å². The Kier molecular flexibility index (Phi) is 8.76. The summed E-state index contributed by atoms with van der Waals surface area (Å²) in [5, 5.41) is 3.34. The van der Waals surface area contributed by atoms with Crippen LogP contribution in [0.4, 0.5) is 11.5 Å². The molecule has 3 aromatic rings. The minimum absolute atomic E-state index is 0.646. The molecule has 4 rings (SSSR count). The van der Waals surface area contributed by atoms with E-state index in [1.807, 2.05) is 25.3 Å². The highest BCUT2D eigenvalue weighted by Gasteiger charge is 2.15. The first-order valence-electron chi connectivity index (χ1n) is 11.6. The largest absolute Gasteiger partial charge is 0.403 e. The summed E-state index contributed by atoms with van der Waals surface area (Å²) in [6, 6.07) is 17.1. The average Bonchev–Trinajstić information content (AvgIpc) is 2.83. The summed E-state index contributed by atoms with van der Waals surface area (Å²) in [5.74, 6) is 1.49. The van der Waals surface area contributed by atoms with Crippen LogP contribution in [0.25, 0.3) is 11.3 Å². The number of nitrogens with one attached hydrogen (secondary N) is 1. The molecule has 3 N–H and O–H groups in total. The fourth-order valence-electron chi connectivity index (χ4n) is 4.05. The van der Waals surface area contributed by atoms with Gasteiger partial charge in [0.05, 0.1) is 5.69 Å². The summed E-state index contributed by atoms with van der Waals surface area (Å²) < 4.78 is 0. The van der Waals surface area contributed by atoms with Gasteiger partial charge in [-0.2, -0.15) is 0 Å². The zero-order valence-electron chi connectivity index (χ0n) is 19.8. The highest BCUT2D eigenvalue weighted by Crippen LogP contribution is 2.33. The van der Waals surface area contributed by atoms with Gasteiger partial charge in [0.2, 0.25) is 0 Å². The maximum absolute atomic E-state index is 4.92. The molecule has 0 amide bonds. The summed E-state index contributed by atoms with van der Waals surface area (Å²) in [6.07, 6.45) is 8.72. The van der Waals surface area contributed by atoms with E-state index in [1.165, 1.54) is 43.2 Å². The zero-order chi connectivity index (χ0) is 23.6. The van der Waals surface area contributed by atoms with Crippen LogP contribution >= 0.6 is 0 Å². The van der Waals surface area contributed by atoms with Crippen LogP contribution in [0.15, 0.2) is 72.0 Å². The lowest BCUT2D eigenvalue weighted by Crippen LogP contribution is -2.04. The molecule has 0 saturated heterocycles. The lowest BCUT2D eigenvalue weighted by Gasteiger charge is -2.22. The molecule has 0 bridgehead atoms. The van der Waals surface area contributed by atoms with E-state index in [9.17, 15) is 0 Å². The molecule has 1 aliphatic carbocycles. The number of rotatable bonds is 6. The standard InChI is InChI=1S/C25H28N4.C3H7N/c1-18-8-14-24(26-2)25(29-18)28-17-19-9-15-23(27-16-19)22-12-10-21(11-13-22)20-6-4-3-5-7-20;1-3(2)4/h8-16,20H,2-7,17H2,1H3,(H,28,29);1,4H2,2H3. The molecule has 0 radical (unpaired) electrons. The van der Waals surface area contributed by atoms with Gasteiger partial charge in [0.15, 0.2) is 5.82 Å². The Labute approximate surface area is 197 Å². The third-order valence-electron chi connectivity index (χ3n) is 5.75. The average molecular weight is 442 g/mol. The van der Waals surface area contributed by atoms with Crippen molar-refractivity contribution in [3.63, 3.8) is 0 Å². The molecule has 1 saturated carbocycles. The van der Waals surface area contributed by atoms with Crippen LogP contribution in [-0.2, 0) is 6.54 Å². The molecule has 5 heteroatoms. The molecular weight excluding hydrogens is 406 g/mol. The Morgan fingerprint density at radius 2 is 1.76 bits per heavy atom. The van der Waals surface area contributed by atoms with E-state index in [1.54, 1.807) is 6.92 Å². The second-order valence-corrected chi connectivity index (χ2v) is 8.69. The predicted octanol–water partition coefficient (Wildman–Crippen LogP) is 6.92. The van der Waals surface area contributed by atoms with Crippen LogP contribution in [-0.4, -0.2) is 16.7 Å². The lowest BCUT2D eigenvalue weighted by molar-refractivity contribution is 0.443. The van der Waals surface area contributed by atoms with Gasteiger partial charge in [-0.1, -0.05) is 56.2 Å². The van der Waals surface area contributed by atoms with E-state index in [4.69, 9.17) is 5.73 Å². The van der Waals surface area contributed by atoms with E-state index in [2.05, 4.69) is 70.0 Å². The van der Waals surface area contributed by atoms with E-state index >= 15 is 0 Å². The fourth-order valence-corrected chi connectivity index (χ4v) is 4.05. The molecule has 2 heterocycles. The van der Waals surface area contributed by atoms with E-state index in [0.29, 0.717) is 12.2 Å². The van der Waals surface area contributed by atoms with Crippen molar-refractivity contribution in [2.45, 2.75) is 58.4 Å². The van der Waals surface area contributed by atoms with Gasteiger partial charge in [0, 0.05) is 24.0 Å². The Bertz CT molecular complexity index is 1040. The Balaban J connectivity index is 0.000000709. The van der Waals surface area contributed by atoms with Crippen LogP contribution in [0.1, 0.15) is 61.8 Å². The van der Waals surface area contributed by atoms with Crippen LogP contribution in [0.3, 0.4) is 0 Å². The van der Waals surface area contributed by atoms with Crippen LogP contribution < -0.4 is 11.1 Å². The number of benzene rings is 1. The van der Waals surface area contributed by atoms with Crippen LogP contribution in [0.5, 0.6) is 0 Å². The second kappa shape index (κ2) is 12.0. The monoisotopic (exact) mass is 441 g/mol. The topological polar surface area (TPSA) is 76.2 Å². The van der Waals surface area contributed by atoms with Gasteiger partial charge in [-0.3, -0.25) is 9.98 Å². The summed E-state index contributed by atoms with van der Waals surface area (Å²) in [7, 11) is 0. The number of pyridine rings is 2. The molecule has 1 aromatic carbocycles. The smallest absolute Gasteiger partial charge is 0.152 e. The van der Waals surface area contributed by atoms with E-state index in [0.717, 1.165) is 34.4 Å². The third kappa shape index (κ3) is 7.28. The van der Waals surface area contributed by atoms with Gasteiger partial charge in [0.25, 0.3) is 0 Å².